The van der Waals surface area contributed by atoms with Gasteiger partial charge in [-0.1, -0.05) is 38.1 Å². The maximum absolute atomic E-state index is 13.0. The number of aromatic nitrogens is 1. The van der Waals surface area contributed by atoms with E-state index in [1.54, 1.807) is 19.1 Å². The summed E-state index contributed by atoms with van der Waals surface area (Å²) in [6, 6.07) is 3.01. The molecule has 0 aromatic carbocycles. The Hall–Kier alpha value is -2.56. The maximum atomic E-state index is 13.0. The summed E-state index contributed by atoms with van der Waals surface area (Å²) in [5, 5.41) is 3.04. The lowest BCUT2D eigenvalue weighted by Crippen LogP contribution is -2.51. The highest BCUT2D eigenvalue weighted by Crippen LogP contribution is 2.18. The van der Waals surface area contributed by atoms with Crippen LogP contribution in [0.1, 0.15) is 26.5 Å². The molecule has 0 aliphatic carbocycles. The summed E-state index contributed by atoms with van der Waals surface area (Å²) >= 11 is 5.85. The van der Waals surface area contributed by atoms with E-state index in [2.05, 4.69) is 31.6 Å². The van der Waals surface area contributed by atoms with Gasteiger partial charge in [0.25, 0.3) is 5.91 Å². The van der Waals surface area contributed by atoms with Crippen LogP contribution in [0.3, 0.4) is 0 Å². The number of nitrogens with one attached hydrogen (secondary N) is 2. The van der Waals surface area contributed by atoms with Crippen LogP contribution in [0.4, 0.5) is 0 Å². The smallest absolute Gasteiger partial charge is 0.294 e. The molecule has 0 unspecified atom stereocenters. The third-order valence-electron chi connectivity index (χ3n) is 4.03. The highest BCUT2D eigenvalue weighted by atomic mass is 35.5. The number of amides is 1. The Labute approximate surface area is 181 Å². The molecule has 1 aromatic rings. The van der Waals surface area contributed by atoms with Crippen molar-refractivity contribution in [3.63, 3.8) is 0 Å². The number of rotatable bonds is 7. The normalized spacial score (nSPS) is 17.6. The first-order chi connectivity index (χ1) is 14.1. The van der Waals surface area contributed by atoms with Crippen molar-refractivity contribution in [3.8, 4) is 0 Å². The molecule has 0 saturated carbocycles. The van der Waals surface area contributed by atoms with Crippen molar-refractivity contribution in [2.45, 2.75) is 32.2 Å². The zero-order valence-electron chi connectivity index (χ0n) is 17.3. The number of nitrogens with zero attached hydrogens (tertiary/aromatic N) is 4. The van der Waals surface area contributed by atoms with E-state index in [9.17, 15) is 13.2 Å². The first-order valence-electron chi connectivity index (χ1n) is 9.21. The third kappa shape index (κ3) is 5.74. The van der Waals surface area contributed by atoms with Gasteiger partial charge in [-0.15, -0.1) is 0 Å². The monoisotopic (exact) mass is 452 g/mol. The van der Waals surface area contributed by atoms with Crippen LogP contribution in [0, 0.1) is 5.92 Å². The summed E-state index contributed by atoms with van der Waals surface area (Å²) < 4.78 is 25.8. The zero-order chi connectivity index (χ0) is 22.5. The molecule has 1 aromatic heterocycles. The minimum absolute atomic E-state index is 0.0540. The molecule has 162 valence electrons. The average Bonchev–Trinajstić information content (AvgIpc) is 2.70. The molecule has 9 nitrogen and oxygen atoms in total. The molecular formula is C19H25ClN6O3S. The van der Waals surface area contributed by atoms with Gasteiger partial charge in [-0.2, -0.15) is 0 Å². The Bertz CT molecular complexity index is 1010. The van der Waals surface area contributed by atoms with Crippen molar-refractivity contribution in [3.05, 3.63) is 47.5 Å². The maximum Gasteiger partial charge on any atom is 0.294 e. The molecule has 0 atom stereocenters. The molecule has 30 heavy (non-hydrogen) atoms. The number of amidine groups is 2. The summed E-state index contributed by atoms with van der Waals surface area (Å²) in [6.07, 6.45) is 2.99. The van der Waals surface area contributed by atoms with Gasteiger partial charge in [-0.25, -0.2) is 23.1 Å². The van der Waals surface area contributed by atoms with E-state index in [1.807, 2.05) is 13.8 Å². The zero-order valence-corrected chi connectivity index (χ0v) is 18.9. The first kappa shape index (κ1) is 23.7. The summed E-state index contributed by atoms with van der Waals surface area (Å²) in [5.74, 6) is 0.321. The standard InChI is InChI=1S/C19H25ClN6O3S/c1-6-16-18(24-13(4)20)26(11-12(2)3)19(27)17(25-16)23-9-14-7-8-15(10-22-14)30(28,29)21-5/h6-8,10,12,21H,4,9,11H2,1-3,5H3,(H,23,25)/b16-6+,24-18+. The number of hydrogen-bond donors (Lipinski definition) is 2. The minimum atomic E-state index is -3.56. The van der Waals surface area contributed by atoms with Gasteiger partial charge in [-0.05, 0) is 32.0 Å². The topological polar surface area (TPSA) is 116 Å². The van der Waals surface area contributed by atoms with Gasteiger partial charge in [-0.3, -0.25) is 14.7 Å². The summed E-state index contributed by atoms with van der Waals surface area (Å²) in [7, 11) is -2.23. The van der Waals surface area contributed by atoms with E-state index in [0.29, 0.717) is 23.8 Å². The van der Waals surface area contributed by atoms with Crippen molar-refractivity contribution < 1.29 is 13.2 Å². The van der Waals surface area contributed by atoms with E-state index < -0.39 is 10.0 Å². The van der Waals surface area contributed by atoms with Crippen LogP contribution in [0.2, 0.25) is 0 Å². The fraction of sp³-hybridized carbons (Fsp3) is 0.368. The fourth-order valence-electron chi connectivity index (χ4n) is 2.62. The number of aliphatic imine (C=N–C) groups is 2. The number of allylic oxidation sites excluding steroid dienone is 1. The van der Waals surface area contributed by atoms with E-state index >= 15 is 0 Å². The highest BCUT2D eigenvalue weighted by Gasteiger charge is 2.32. The van der Waals surface area contributed by atoms with Crippen molar-refractivity contribution in [2.75, 3.05) is 13.6 Å². The van der Waals surface area contributed by atoms with E-state index in [1.165, 1.54) is 24.2 Å². The Kier molecular flexibility index (Phi) is 7.88. The van der Waals surface area contributed by atoms with E-state index in [4.69, 9.17) is 11.6 Å². The van der Waals surface area contributed by atoms with Crippen molar-refractivity contribution >= 4 is 39.2 Å². The van der Waals surface area contributed by atoms with E-state index in [-0.39, 0.29) is 34.3 Å². The lowest BCUT2D eigenvalue weighted by atomic mass is 10.1. The predicted molar refractivity (Wildman–Crippen MR) is 117 cm³/mol. The number of carbonyl (C=O) groups is 1. The predicted octanol–water partition coefficient (Wildman–Crippen LogP) is 1.99. The van der Waals surface area contributed by atoms with Gasteiger partial charge in [0.2, 0.25) is 10.0 Å². The summed E-state index contributed by atoms with van der Waals surface area (Å²) in [6.45, 7) is 9.94. The highest BCUT2D eigenvalue weighted by molar-refractivity contribution is 7.89. The molecule has 2 N–H and O–H groups in total. The lowest BCUT2D eigenvalue weighted by Gasteiger charge is -2.30. The molecule has 1 aliphatic rings. The molecule has 0 radical (unpaired) electrons. The van der Waals surface area contributed by atoms with Crippen LogP contribution < -0.4 is 10.0 Å². The van der Waals surface area contributed by atoms with Gasteiger partial charge in [0, 0.05) is 12.7 Å². The van der Waals surface area contributed by atoms with Gasteiger partial charge in [0.15, 0.2) is 11.7 Å². The molecule has 1 amide bonds. The number of sulfonamides is 1. The first-order valence-corrected chi connectivity index (χ1v) is 11.1. The SMILES string of the molecule is C=C(Cl)/N=C1\C(=C/C)N=C(NCc2ccc(S(=O)(=O)NC)cn2)C(=O)N1CC(C)C. The minimum Gasteiger partial charge on any atom is -0.360 e. The van der Waals surface area contributed by atoms with Crippen LogP contribution in [0.25, 0.3) is 0 Å². The van der Waals surface area contributed by atoms with Crippen molar-refractivity contribution in [2.24, 2.45) is 15.9 Å². The average molecular weight is 453 g/mol. The molecule has 1 aliphatic heterocycles. The number of halogens is 1. The fourth-order valence-corrected chi connectivity index (χ4v) is 3.38. The van der Waals surface area contributed by atoms with Crippen LogP contribution in [0.15, 0.2) is 56.7 Å². The van der Waals surface area contributed by atoms with Crippen LogP contribution in [-0.2, 0) is 21.4 Å². The molecule has 2 heterocycles. The van der Waals surface area contributed by atoms with Gasteiger partial charge in [0.05, 0.1) is 12.2 Å². The number of carbonyl (C=O) groups excluding carboxylic acids is 1. The molecular weight excluding hydrogens is 428 g/mol. The molecule has 0 fully saturated rings. The largest absolute Gasteiger partial charge is 0.360 e. The Balaban J connectivity index is 2.27. The molecule has 2 rings (SSSR count). The second-order valence-corrected chi connectivity index (χ2v) is 9.12. The summed E-state index contributed by atoms with van der Waals surface area (Å²) in [4.78, 5) is 27.3. The number of hydrogen-bond acceptors (Lipinski definition) is 7. The molecule has 0 spiro atoms. The van der Waals surface area contributed by atoms with Gasteiger partial charge < -0.3 is 5.32 Å². The lowest BCUT2D eigenvalue weighted by molar-refractivity contribution is -0.121. The Morgan fingerprint density at radius 1 is 1.40 bits per heavy atom. The van der Waals surface area contributed by atoms with Crippen LogP contribution in [0.5, 0.6) is 0 Å². The molecule has 0 saturated heterocycles. The Morgan fingerprint density at radius 2 is 2.10 bits per heavy atom. The second kappa shape index (κ2) is 9.96. The van der Waals surface area contributed by atoms with Gasteiger partial charge >= 0.3 is 0 Å². The quantitative estimate of drug-likeness (QED) is 0.613. The van der Waals surface area contributed by atoms with Crippen molar-refractivity contribution in [1.29, 1.82) is 0 Å². The molecule has 0 bridgehead atoms. The Morgan fingerprint density at radius 3 is 2.60 bits per heavy atom. The van der Waals surface area contributed by atoms with Gasteiger partial charge in [0.1, 0.15) is 15.7 Å². The number of pyridine rings is 1. The molecule has 11 heteroatoms. The second-order valence-electron chi connectivity index (χ2n) is 6.80. The van der Waals surface area contributed by atoms with Crippen LogP contribution in [-0.4, -0.2) is 49.5 Å². The summed E-state index contributed by atoms with van der Waals surface area (Å²) in [5.41, 5.74) is 1.04. The van der Waals surface area contributed by atoms with E-state index in [0.717, 1.165) is 0 Å². The van der Waals surface area contributed by atoms with Crippen LogP contribution >= 0.6 is 11.6 Å². The third-order valence-corrected chi connectivity index (χ3v) is 5.51. The van der Waals surface area contributed by atoms with Crippen molar-refractivity contribution in [1.82, 2.24) is 19.9 Å².